The molecule has 1 saturated heterocycles. The van der Waals surface area contributed by atoms with Gasteiger partial charge in [0.1, 0.15) is 0 Å². The largest absolute Gasteiger partial charge is 0.378 e. The number of aryl methyl sites for hydroxylation is 1. The third-order valence-corrected chi connectivity index (χ3v) is 5.41. The Labute approximate surface area is 177 Å². The molecule has 1 heterocycles. The predicted molar refractivity (Wildman–Crippen MR) is 116 cm³/mol. The summed E-state index contributed by atoms with van der Waals surface area (Å²) in [7, 11) is 0. The maximum absolute atomic E-state index is 12.5. The topological polar surface area (TPSA) is 70.7 Å². The normalized spacial score (nSPS) is 13.7. The Morgan fingerprint density at radius 2 is 1.71 bits per heavy atom. The summed E-state index contributed by atoms with van der Waals surface area (Å²) in [5.74, 6) is -0.312. The minimum absolute atomic E-state index is 0.0179. The van der Waals surface area contributed by atoms with Crippen LogP contribution in [0.15, 0.2) is 46.9 Å². The van der Waals surface area contributed by atoms with Crippen molar-refractivity contribution in [2.75, 3.05) is 31.6 Å². The molecule has 2 aromatic carbocycles. The second-order valence-electron chi connectivity index (χ2n) is 6.35. The summed E-state index contributed by atoms with van der Waals surface area (Å²) < 4.78 is 6.13. The molecule has 8 heteroatoms. The Bertz CT molecular complexity index is 896. The molecule has 3 rings (SSSR count). The fourth-order valence-corrected chi connectivity index (χ4v) is 3.31. The van der Waals surface area contributed by atoms with Gasteiger partial charge in [-0.15, -0.1) is 0 Å². The smallest absolute Gasteiger partial charge is 0.257 e. The molecule has 28 heavy (non-hydrogen) atoms. The van der Waals surface area contributed by atoms with E-state index in [1.807, 2.05) is 13.0 Å². The van der Waals surface area contributed by atoms with Gasteiger partial charge < -0.3 is 15.0 Å². The highest BCUT2D eigenvalue weighted by atomic mass is 79.9. The third kappa shape index (κ3) is 5.15. The number of thiocarbonyl (C=S) groups is 1. The summed E-state index contributed by atoms with van der Waals surface area (Å²) in [6, 6.07) is 12.3. The number of hydrogen-bond acceptors (Lipinski definition) is 4. The number of benzene rings is 2. The van der Waals surface area contributed by atoms with Crippen LogP contribution in [0, 0.1) is 6.92 Å². The molecule has 0 spiro atoms. The molecule has 0 atom stereocenters. The van der Waals surface area contributed by atoms with E-state index in [-0.39, 0.29) is 16.9 Å². The number of rotatable bonds is 3. The summed E-state index contributed by atoms with van der Waals surface area (Å²) in [5.41, 5.74) is 2.85. The number of amides is 2. The zero-order valence-corrected chi connectivity index (χ0v) is 17.7. The summed E-state index contributed by atoms with van der Waals surface area (Å²) in [6.45, 7) is 4.29. The third-order valence-electron chi connectivity index (χ3n) is 4.35. The first kappa shape index (κ1) is 20.4. The van der Waals surface area contributed by atoms with Gasteiger partial charge in [-0.25, -0.2) is 0 Å². The Kier molecular flexibility index (Phi) is 6.77. The average Bonchev–Trinajstić information content (AvgIpc) is 2.70. The maximum Gasteiger partial charge on any atom is 0.257 e. The van der Waals surface area contributed by atoms with E-state index < -0.39 is 0 Å². The van der Waals surface area contributed by atoms with Crippen molar-refractivity contribution in [2.24, 2.45) is 0 Å². The Morgan fingerprint density at radius 3 is 2.36 bits per heavy atom. The SMILES string of the molecule is Cc1ccc(C(=O)NC(=S)Nc2ccc(C(=O)N3CCOCC3)cc2)cc1Br. The molecule has 0 bridgehead atoms. The first-order valence-electron chi connectivity index (χ1n) is 8.79. The molecule has 2 N–H and O–H groups in total. The van der Waals surface area contributed by atoms with Crippen LogP contribution in [0.25, 0.3) is 0 Å². The first-order chi connectivity index (χ1) is 13.4. The van der Waals surface area contributed by atoms with Gasteiger partial charge >= 0.3 is 0 Å². The lowest BCUT2D eigenvalue weighted by Crippen LogP contribution is -2.40. The van der Waals surface area contributed by atoms with Crippen molar-refractivity contribution in [1.82, 2.24) is 10.2 Å². The van der Waals surface area contributed by atoms with E-state index in [4.69, 9.17) is 17.0 Å². The van der Waals surface area contributed by atoms with Crippen molar-refractivity contribution in [1.29, 1.82) is 0 Å². The van der Waals surface area contributed by atoms with Gasteiger partial charge in [0, 0.05) is 34.4 Å². The van der Waals surface area contributed by atoms with Crippen LogP contribution in [0.4, 0.5) is 5.69 Å². The lowest BCUT2D eigenvalue weighted by Gasteiger charge is -2.26. The molecule has 0 unspecified atom stereocenters. The molecule has 2 aromatic rings. The number of carbonyl (C=O) groups excluding carboxylic acids is 2. The molecule has 0 aliphatic carbocycles. The van der Waals surface area contributed by atoms with Crippen LogP contribution in [0.3, 0.4) is 0 Å². The summed E-state index contributed by atoms with van der Waals surface area (Å²) in [5, 5.41) is 5.80. The van der Waals surface area contributed by atoms with Crippen LogP contribution in [0.5, 0.6) is 0 Å². The molecular weight excluding hydrogens is 442 g/mol. The summed E-state index contributed by atoms with van der Waals surface area (Å²) in [6.07, 6.45) is 0. The van der Waals surface area contributed by atoms with Crippen LogP contribution in [0.1, 0.15) is 26.3 Å². The Morgan fingerprint density at radius 1 is 1.07 bits per heavy atom. The molecule has 1 fully saturated rings. The minimum atomic E-state index is -0.294. The number of morpholine rings is 1. The van der Waals surface area contributed by atoms with Crippen LogP contribution in [-0.2, 0) is 4.74 Å². The van der Waals surface area contributed by atoms with Crippen molar-refractivity contribution in [2.45, 2.75) is 6.92 Å². The first-order valence-corrected chi connectivity index (χ1v) is 10.00. The van der Waals surface area contributed by atoms with Crippen molar-refractivity contribution in [3.05, 3.63) is 63.6 Å². The molecular formula is C20H20BrN3O3S. The van der Waals surface area contributed by atoms with Gasteiger partial charge in [-0.2, -0.15) is 0 Å². The van der Waals surface area contributed by atoms with Gasteiger partial charge in [0.25, 0.3) is 11.8 Å². The molecule has 1 aliphatic heterocycles. The number of nitrogens with one attached hydrogen (secondary N) is 2. The van der Waals surface area contributed by atoms with Crippen molar-refractivity contribution < 1.29 is 14.3 Å². The predicted octanol–water partition coefficient (Wildman–Crippen LogP) is 3.36. The van der Waals surface area contributed by atoms with E-state index in [1.165, 1.54) is 0 Å². The average molecular weight is 462 g/mol. The van der Waals surface area contributed by atoms with Crippen LogP contribution in [-0.4, -0.2) is 48.1 Å². The van der Waals surface area contributed by atoms with Gasteiger partial charge in [0.15, 0.2) is 5.11 Å². The highest BCUT2D eigenvalue weighted by Gasteiger charge is 2.18. The van der Waals surface area contributed by atoms with E-state index in [1.54, 1.807) is 41.3 Å². The lowest BCUT2D eigenvalue weighted by molar-refractivity contribution is 0.0303. The van der Waals surface area contributed by atoms with Gasteiger partial charge in [-0.05, 0) is 61.1 Å². The number of halogens is 1. The van der Waals surface area contributed by atoms with E-state index in [9.17, 15) is 9.59 Å². The van der Waals surface area contributed by atoms with Crippen LogP contribution in [0.2, 0.25) is 0 Å². The van der Waals surface area contributed by atoms with E-state index >= 15 is 0 Å². The fraction of sp³-hybridized carbons (Fsp3) is 0.250. The van der Waals surface area contributed by atoms with Crippen molar-refractivity contribution >= 4 is 50.8 Å². The van der Waals surface area contributed by atoms with Crippen LogP contribution >= 0.6 is 28.1 Å². The van der Waals surface area contributed by atoms with Gasteiger partial charge in [0.2, 0.25) is 0 Å². The van der Waals surface area contributed by atoms with Gasteiger partial charge in [0.05, 0.1) is 13.2 Å². The second-order valence-corrected chi connectivity index (χ2v) is 7.62. The second kappa shape index (κ2) is 9.27. The van der Waals surface area contributed by atoms with E-state index in [0.717, 1.165) is 10.0 Å². The molecule has 0 saturated carbocycles. The Balaban J connectivity index is 1.57. The molecule has 0 aromatic heterocycles. The summed E-state index contributed by atoms with van der Waals surface area (Å²) >= 11 is 8.63. The minimum Gasteiger partial charge on any atom is -0.378 e. The summed E-state index contributed by atoms with van der Waals surface area (Å²) in [4.78, 5) is 26.5. The zero-order chi connectivity index (χ0) is 20.1. The molecule has 0 radical (unpaired) electrons. The number of hydrogen-bond donors (Lipinski definition) is 2. The van der Waals surface area contributed by atoms with Gasteiger partial charge in [-0.1, -0.05) is 22.0 Å². The Hall–Kier alpha value is -2.29. The van der Waals surface area contributed by atoms with Crippen molar-refractivity contribution in [3.63, 3.8) is 0 Å². The molecule has 6 nitrogen and oxygen atoms in total. The van der Waals surface area contributed by atoms with E-state index in [0.29, 0.717) is 43.1 Å². The number of carbonyl (C=O) groups is 2. The number of nitrogens with zero attached hydrogens (tertiary/aromatic N) is 1. The lowest BCUT2D eigenvalue weighted by atomic mass is 10.1. The van der Waals surface area contributed by atoms with E-state index in [2.05, 4.69) is 26.6 Å². The fourth-order valence-electron chi connectivity index (χ4n) is 2.72. The molecule has 2 amide bonds. The molecule has 146 valence electrons. The standard InChI is InChI=1S/C20H20BrN3O3S/c1-13-2-3-15(12-17(13)21)18(25)23-20(28)22-16-6-4-14(5-7-16)19(26)24-8-10-27-11-9-24/h2-7,12H,8-11H2,1H3,(H2,22,23,25,28). The zero-order valence-electron chi connectivity index (χ0n) is 15.3. The highest BCUT2D eigenvalue weighted by molar-refractivity contribution is 9.10. The van der Waals surface area contributed by atoms with Crippen molar-refractivity contribution in [3.8, 4) is 0 Å². The van der Waals surface area contributed by atoms with Gasteiger partial charge in [-0.3, -0.25) is 14.9 Å². The monoisotopic (exact) mass is 461 g/mol. The quantitative estimate of drug-likeness (QED) is 0.685. The maximum atomic E-state index is 12.5. The number of ether oxygens (including phenoxy) is 1. The highest BCUT2D eigenvalue weighted by Crippen LogP contribution is 2.17. The number of anilines is 1. The van der Waals surface area contributed by atoms with Crippen LogP contribution < -0.4 is 10.6 Å². The molecule has 1 aliphatic rings.